The molecule has 0 aromatic heterocycles. The fourth-order valence-electron chi connectivity index (χ4n) is 2.69. The van der Waals surface area contributed by atoms with Crippen LogP contribution in [0.15, 0.2) is 0 Å². The molecule has 5 nitrogen and oxygen atoms in total. The zero-order valence-corrected chi connectivity index (χ0v) is 8.02. The smallest absolute Gasteiger partial charge is 0.407 e. The van der Waals surface area contributed by atoms with Crippen LogP contribution < -0.4 is 5.32 Å². The third-order valence-corrected chi connectivity index (χ3v) is 3.42. The third-order valence-electron chi connectivity index (χ3n) is 3.42. The van der Waals surface area contributed by atoms with E-state index in [1.165, 1.54) is 4.90 Å². The first kappa shape index (κ1) is 9.73. The summed E-state index contributed by atoms with van der Waals surface area (Å²) in [6.07, 6.45) is 0.110. The monoisotopic (exact) mass is 200 g/mol. The van der Waals surface area contributed by atoms with Crippen LogP contribution >= 0.6 is 0 Å². The van der Waals surface area contributed by atoms with Crippen LogP contribution in [-0.4, -0.2) is 53.5 Å². The molecule has 3 unspecified atom stereocenters. The van der Waals surface area contributed by atoms with Crippen molar-refractivity contribution in [2.24, 2.45) is 11.8 Å². The van der Waals surface area contributed by atoms with Gasteiger partial charge in [0.05, 0.1) is 6.04 Å². The van der Waals surface area contributed by atoms with Crippen LogP contribution in [0.4, 0.5) is 4.79 Å². The Kier molecular flexibility index (Phi) is 2.60. The summed E-state index contributed by atoms with van der Waals surface area (Å²) in [4.78, 5) is 12.4. The van der Waals surface area contributed by atoms with Gasteiger partial charge in [-0.15, -0.1) is 0 Å². The number of hydrogen-bond acceptors (Lipinski definition) is 3. The Balaban J connectivity index is 2.12. The van der Waals surface area contributed by atoms with Gasteiger partial charge in [-0.25, -0.2) is 4.79 Å². The fourth-order valence-corrected chi connectivity index (χ4v) is 2.69. The van der Waals surface area contributed by atoms with Gasteiger partial charge in [-0.05, 0) is 18.9 Å². The van der Waals surface area contributed by atoms with Gasteiger partial charge in [-0.1, -0.05) is 0 Å². The lowest BCUT2D eigenvalue weighted by molar-refractivity contribution is 0.128. The molecule has 0 saturated carbocycles. The van der Waals surface area contributed by atoms with E-state index in [0.717, 1.165) is 19.5 Å². The molecule has 0 aromatic carbocycles. The van der Waals surface area contributed by atoms with Crippen molar-refractivity contribution in [3.63, 3.8) is 0 Å². The Labute approximate surface area is 82.7 Å². The molecule has 0 aromatic rings. The topological polar surface area (TPSA) is 72.8 Å². The van der Waals surface area contributed by atoms with Gasteiger partial charge >= 0.3 is 6.09 Å². The number of aliphatic hydroxyl groups excluding tert-OH is 1. The van der Waals surface area contributed by atoms with Crippen molar-refractivity contribution in [3.8, 4) is 0 Å². The maximum absolute atomic E-state index is 10.9. The first-order chi connectivity index (χ1) is 6.74. The molecule has 2 saturated heterocycles. The van der Waals surface area contributed by atoms with Gasteiger partial charge in [-0.3, -0.25) is 0 Å². The summed E-state index contributed by atoms with van der Waals surface area (Å²) in [5.41, 5.74) is 0. The van der Waals surface area contributed by atoms with E-state index in [1.807, 2.05) is 0 Å². The highest BCUT2D eigenvalue weighted by molar-refractivity contribution is 5.66. The minimum absolute atomic E-state index is 0.0680. The second kappa shape index (κ2) is 3.74. The van der Waals surface area contributed by atoms with E-state index in [9.17, 15) is 4.79 Å². The van der Waals surface area contributed by atoms with Gasteiger partial charge in [-0.2, -0.15) is 0 Å². The van der Waals surface area contributed by atoms with Crippen LogP contribution in [-0.2, 0) is 0 Å². The molecule has 2 rings (SSSR count). The molecule has 0 radical (unpaired) electrons. The Bertz CT molecular complexity index is 234. The molecule has 0 aliphatic carbocycles. The van der Waals surface area contributed by atoms with E-state index in [2.05, 4.69) is 5.32 Å². The normalized spacial score (nSPS) is 36.9. The zero-order chi connectivity index (χ0) is 10.1. The van der Waals surface area contributed by atoms with Gasteiger partial charge in [0.1, 0.15) is 0 Å². The SMILES string of the molecule is O=C(O)N1CC(CO)C2CCNCC21. The largest absolute Gasteiger partial charge is 0.465 e. The Morgan fingerprint density at radius 3 is 3.00 bits per heavy atom. The first-order valence-electron chi connectivity index (χ1n) is 5.05. The van der Waals surface area contributed by atoms with Crippen molar-refractivity contribution in [2.45, 2.75) is 12.5 Å². The molecular formula is C9H16N2O3. The van der Waals surface area contributed by atoms with Gasteiger partial charge in [0.25, 0.3) is 0 Å². The molecular weight excluding hydrogens is 184 g/mol. The Hall–Kier alpha value is -0.810. The van der Waals surface area contributed by atoms with Crippen molar-refractivity contribution in [1.82, 2.24) is 10.2 Å². The Morgan fingerprint density at radius 1 is 1.57 bits per heavy atom. The maximum Gasteiger partial charge on any atom is 0.407 e. The van der Waals surface area contributed by atoms with Crippen molar-refractivity contribution in [2.75, 3.05) is 26.2 Å². The van der Waals surface area contributed by atoms with E-state index in [4.69, 9.17) is 10.2 Å². The molecule has 2 aliphatic rings. The molecule has 5 heteroatoms. The minimum atomic E-state index is -0.861. The molecule has 0 spiro atoms. The summed E-state index contributed by atoms with van der Waals surface area (Å²) in [6.45, 7) is 2.26. The van der Waals surface area contributed by atoms with Crippen molar-refractivity contribution in [1.29, 1.82) is 0 Å². The van der Waals surface area contributed by atoms with Crippen LogP contribution in [0.1, 0.15) is 6.42 Å². The minimum Gasteiger partial charge on any atom is -0.465 e. The lowest BCUT2D eigenvalue weighted by atomic mass is 9.86. The second-order valence-electron chi connectivity index (χ2n) is 4.10. The van der Waals surface area contributed by atoms with Gasteiger partial charge < -0.3 is 20.4 Å². The number of nitrogens with one attached hydrogen (secondary N) is 1. The first-order valence-corrected chi connectivity index (χ1v) is 5.05. The lowest BCUT2D eigenvalue weighted by Gasteiger charge is -2.31. The van der Waals surface area contributed by atoms with E-state index < -0.39 is 6.09 Å². The number of amides is 1. The van der Waals surface area contributed by atoms with E-state index in [1.54, 1.807) is 0 Å². The number of fused-ring (bicyclic) bond motifs is 1. The van der Waals surface area contributed by atoms with Crippen LogP contribution in [0.5, 0.6) is 0 Å². The molecule has 80 valence electrons. The quantitative estimate of drug-likeness (QED) is 0.537. The number of piperidine rings is 1. The van der Waals surface area contributed by atoms with Crippen molar-refractivity contribution >= 4 is 6.09 Å². The molecule has 3 atom stereocenters. The number of carboxylic acid groups (broad SMARTS) is 1. The molecule has 2 aliphatic heterocycles. The van der Waals surface area contributed by atoms with Crippen LogP contribution in [0.25, 0.3) is 0 Å². The van der Waals surface area contributed by atoms with E-state index >= 15 is 0 Å². The second-order valence-corrected chi connectivity index (χ2v) is 4.10. The van der Waals surface area contributed by atoms with Crippen molar-refractivity contribution < 1.29 is 15.0 Å². The zero-order valence-electron chi connectivity index (χ0n) is 8.02. The number of rotatable bonds is 1. The molecule has 2 fully saturated rings. The summed E-state index contributed by atoms with van der Waals surface area (Å²) in [6, 6.07) is 0.0680. The van der Waals surface area contributed by atoms with Gasteiger partial charge in [0.2, 0.25) is 0 Å². The molecule has 0 bridgehead atoms. The molecule has 2 heterocycles. The van der Waals surface area contributed by atoms with Crippen LogP contribution in [0, 0.1) is 11.8 Å². The fraction of sp³-hybridized carbons (Fsp3) is 0.889. The summed E-state index contributed by atoms with van der Waals surface area (Å²) in [5, 5.41) is 21.3. The number of likely N-dealkylation sites (tertiary alicyclic amines) is 1. The summed E-state index contributed by atoms with van der Waals surface area (Å²) in [5.74, 6) is 0.482. The highest BCUT2D eigenvalue weighted by atomic mass is 16.4. The van der Waals surface area contributed by atoms with E-state index in [-0.39, 0.29) is 18.6 Å². The maximum atomic E-state index is 10.9. The predicted molar refractivity (Wildman–Crippen MR) is 50.1 cm³/mol. The average molecular weight is 200 g/mol. The average Bonchev–Trinajstić information content (AvgIpc) is 2.56. The highest BCUT2D eigenvalue weighted by Gasteiger charge is 2.44. The lowest BCUT2D eigenvalue weighted by Crippen LogP contribution is -2.47. The number of aliphatic hydroxyl groups is 1. The third kappa shape index (κ3) is 1.46. The standard InChI is InChI=1S/C9H16N2O3/c12-5-6-4-11(9(13)14)8-3-10-2-1-7(6)8/h6-8,10,12H,1-5H2,(H,13,14). The summed E-state index contributed by atoms with van der Waals surface area (Å²) < 4.78 is 0. The number of carbonyl (C=O) groups is 1. The molecule has 1 amide bonds. The molecule has 14 heavy (non-hydrogen) atoms. The van der Waals surface area contributed by atoms with E-state index in [0.29, 0.717) is 12.5 Å². The summed E-state index contributed by atoms with van der Waals surface area (Å²) >= 11 is 0. The van der Waals surface area contributed by atoms with Crippen LogP contribution in [0.3, 0.4) is 0 Å². The number of hydrogen-bond donors (Lipinski definition) is 3. The highest BCUT2D eigenvalue weighted by Crippen LogP contribution is 2.33. The Morgan fingerprint density at radius 2 is 2.36 bits per heavy atom. The number of nitrogens with zero attached hydrogens (tertiary/aromatic N) is 1. The molecule has 3 N–H and O–H groups in total. The van der Waals surface area contributed by atoms with Gasteiger partial charge in [0, 0.05) is 25.6 Å². The summed E-state index contributed by atoms with van der Waals surface area (Å²) in [7, 11) is 0. The van der Waals surface area contributed by atoms with Crippen molar-refractivity contribution in [3.05, 3.63) is 0 Å². The van der Waals surface area contributed by atoms with Crippen LogP contribution in [0.2, 0.25) is 0 Å². The predicted octanol–water partition coefficient (Wildman–Crippen LogP) is -0.433. The van der Waals surface area contributed by atoms with Gasteiger partial charge in [0.15, 0.2) is 0 Å².